The lowest BCUT2D eigenvalue weighted by Gasteiger charge is -2.15. The zero-order valence-corrected chi connectivity index (χ0v) is 12.0. The minimum absolute atomic E-state index is 0. The largest absolute Gasteiger partial charge is 0.469 e. The number of hydrogen-bond acceptors (Lipinski definition) is 5. The van der Waals surface area contributed by atoms with Gasteiger partial charge in [-0.2, -0.15) is 0 Å². The van der Waals surface area contributed by atoms with Gasteiger partial charge in [0.2, 0.25) is 0 Å². The van der Waals surface area contributed by atoms with Crippen LogP contribution in [0.25, 0.3) is 0 Å². The molecule has 0 saturated carbocycles. The van der Waals surface area contributed by atoms with E-state index in [4.69, 9.17) is 10.5 Å². The molecule has 0 bridgehead atoms. The fourth-order valence-electron chi connectivity index (χ4n) is 1.41. The topological polar surface area (TPSA) is 90.6 Å². The Morgan fingerprint density at radius 2 is 1.95 bits per heavy atom. The van der Waals surface area contributed by atoms with E-state index in [1.807, 2.05) is 30.3 Å². The molecule has 7 heteroatoms. The molecule has 0 aliphatic rings. The number of carbonyl (C=O) groups excluding carboxylic acids is 2. The third-order valence-corrected chi connectivity index (χ3v) is 2.46. The maximum absolute atomic E-state index is 11.5. The summed E-state index contributed by atoms with van der Waals surface area (Å²) in [6, 6.07) is 8.80. The van der Waals surface area contributed by atoms with Crippen LogP contribution in [0.4, 0.5) is 4.79 Å². The lowest BCUT2D eigenvalue weighted by molar-refractivity contribution is -0.141. The minimum Gasteiger partial charge on any atom is -0.469 e. The molecule has 1 atom stereocenters. The summed E-state index contributed by atoms with van der Waals surface area (Å²) in [4.78, 5) is 22.6. The first-order valence-electron chi connectivity index (χ1n) is 5.89. The van der Waals surface area contributed by atoms with E-state index in [0.29, 0.717) is 0 Å². The molecule has 1 aromatic carbocycles. The summed E-state index contributed by atoms with van der Waals surface area (Å²) < 4.78 is 9.52. The lowest BCUT2D eigenvalue weighted by Crippen LogP contribution is -2.42. The molecular formula is C13H19ClN2O4. The Morgan fingerprint density at radius 3 is 2.50 bits per heavy atom. The lowest BCUT2D eigenvalue weighted by atomic mass is 10.2. The molecule has 0 heterocycles. The molecule has 6 nitrogen and oxygen atoms in total. The molecule has 0 unspecified atom stereocenters. The van der Waals surface area contributed by atoms with Gasteiger partial charge in [-0.1, -0.05) is 30.3 Å². The second kappa shape index (κ2) is 10.1. The zero-order valence-electron chi connectivity index (χ0n) is 11.2. The van der Waals surface area contributed by atoms with Gasteiger partial charge in [0.1, 0.15) is 6.61 Å². The van der Waals surface area contributed by atoms with Gasteiger partial charge in [0.25, 0.3) is 0 Å². The van der Waals surface area contributed by atoms with E-state index in [9.17, 15) is 9.59 Å². The highest BCUT2D eigenvalue weighted by Gasteiger charge is 2.15. The molecular weight excluding hydrogens is 284 g/mol. The van der Waals surface area contributed by atoms with Gasteiger partial charge in [0.15, 0.2) is 0 Å². The second-order valence-corrected chi connectivity index (χ2v) is 3.92. The number of methoxy groups -OCH3 is 1. The second-order valence-electron chi connectivity index (χ2n) is 3.92. The summed E-state index contributed by atoms with van der Waals surface area (Å²) >= 11 is 0. The van der Waals surface area contributed by atoms with Crippen molar-refractivity contribution in [2.75, 3.05) is 13.7 Å². The number of ether oxygens (including phenoxy) is 2. The fraction of sp³-hybridized carbons (Fsp3) is 0.385. The summed E-state index contributed by atoms with van der Waals surface area (Å²) in [5.74, 6) is -0.432. The molecule has 0 aliphatic heterocycles. The zero-order chi connectivity index (χ0) is 14.1. The first kappa shape index (κ1) is 18.2. The highest BCUT2D eigenvalue weighted by atomic mass is 35.5. The number of rotatable bonds is 6. The number of esters is 1. The van der Waals surface area contributed by atoms with Gasteiger partial charge in [0, 0.05) is 6.54 Å². The predicted octanol–water partition coefficient (Wildman–Crippen LogP) is 1.23. The Hall–Kier alpha value is -1.79. The van der Waals surface area contributed by atoms with Crippen molar-refractivity contribution in [3.63, 3.8) is 0 Å². The van der Waals surface area contributed by atoms with Crippen molar-refractivity contribution in [3.05, 3.63) is 35.9 Å². The van der Waals surface area contributed by atoms with Crippen LogP contribution in [0.2, 0.25) is 0 Å². The number of nitrogens with two attached hydrogens (primary N) is 1. The molecule has 3 N–H and O–H groups in total. The molecule has 112 valence electrons. The number of carbonyl (C=O) groups is 2. The van der Waals surface area contributed by atoms with Crippen LogP contribution in [0.5, 0.6) is 0 Å². The highest BCUT2D eigenvalue weighted by molar-refractivity contribution is 5.85. The maximum atomic E-state index is 11.5. The summed E-state index contributed by atoms with van der Waals surface area (Å²) in [6.07, 6.45) is -0.587. The first-order chi connectivity index (χ1) is 9.15. The van der Waals surface area contributed by atoms with Crippen molar-refractivity contribution in [2.24, 2.45) is 5.73 Å². The van der Waals surface area contributed by atoms with Crippen molar-refractivity contribution in [3.8, 4) is 0 Å². The monoisotopic (exact) mass is 302 g/mol. The van der Waals surface area contributed by atoms with Crippen LogP contribution in [0.15, 0.2) is 30.3 Å². The molecule has 1 rings (SSSR count). The first-order valence-corrected chi connectivity index (χ1v) is 5.89. The number of amides is 1. The normalized spacial score (nSPS) is 10.9. The van der Waals surface area contributed by atoms with Crippen LogP contribution in [0, 0.1) is 0 Å². The predicted molar refractivity (Wildman–Crippen MR) is 76.5 cm³/mol. The summed E-state index contributed by atoms with van der Waals surface area (Å²) in [5, 5.41) is 2.52. The Balaban J connectivity index is 0.00000361. The number of alkyl carbamates (subject to hydrolysis) is 1. The number of hydrogen-bond donors (Lipinski definition) is 2. The van der Waals surface area contributed by atoms with E-state index in [1.165, 1.54) is 7.11 Å². The third kappa shape index (κ3) is 6.96. The van der Waals surface area contributed by atoms with Crippen molar-refractivity contribution in [1.82, 2.24) is 5.32 Å². The van der Waals surface area contributed by atoms with Crippen LogP contribution < -0.4 is 11.1 Å². The van der Waals surface area contributed by atoms with Crippen molar-refractivity contribution in [2.45, 2.75) is 19.1 Å². The number of nitrogens with one attached hydrogen (secondary N) is 1. The van der Waals surface area contributed by atoms with E-state index in [0.717, 1.165) is 5.56 Å². The molecule has 0 spiro atoms. The van der Waals surface area contributed by atoms with Gasteiger partial charge in [-0.25, -0.2) is 4.79 Å². The molecule has 20 heavy (non-hydrogen) atoms. The van der Waals surface area contributed by atoms with Gasteiger partial charge in [-0.05, 0) is 5.56 Å². The van der Waals surface area contributed by atoms with Crippen LogP contribution in [-0.4, -0.2) is 31.8 Å². The van der Waals surface area contributed by atoms with Crippen molar-refractivity contribution in [1.29, 1.82) is 0 Å². The smallest absolute Gasteiger partial charge is 0.407 e. The molecule has 1 aromatic rings. The summed E-state index contributed by atoms with van der Waals surface area (Å²) in [7, 11) is 1.28. The molecule has 1 amide bonds. The van der Waals surface area contributed by atoms with E-state index in [1.54, 1.807) is 0 Å². The Kier molecular flexibility index (Phi) is 9.15. The SMILES string of the molecule is COC(=O)C[C@@H](CN)NC(=O)OCc1ccccc1.Cl. The third-order valence-electron chi connectivity index (χ3n) is 2.46. The van der Waals surface area contributed by atoms with Gasteiger partial charge in [0.05, 0.1) is 19.6 Å². The van der Waals surface area contributed by atoms with Gasteiger partial charge >= 0.3 is 12.1 Å². The summed E-state index contributed by atoms with van der Waals surface area (Å²) in [5.41, 5.74) is 6.34. The Morgan fingerprint density at radius 1 is 1.30 bits per heavy atom. The molecule has 0 fully saturated rings. The van der Waals surface area contributed by atoms with Crippen molar-refractivity contribution < 1.29 is 19.1 Å². The standard InChI is InChI=1S/C13H18N2O4.ClH/c1-18-12(16)7-11(8-14)15-13(17)19-9-10-5-3-2-4-6-10;/h2-6,11H,7-9,14H2,1H3,(H,15,17);1H/t11-;/m0./s1. The average Bonchev–Trinajstić information content (AvgIpc) is 2.45. The molecule has 0 aliphatic carbocycles. The molecule has 0 saturated heterocycles. The highest BCUT2D eigenvalue weighted by Crippen LogP contribution is 2.01. The van der Waals surface area contributed by atoms with E-state index < -0.39 is 18.1 Å². The Labute approximate surface area is 124 Å². The molecule has 0 aromatic heterocycles. The van der Waals surface area contributed by atoms with Crippen LogP contribution in [0.3, 0.4) is 0 Å². The van der Waals surface area contributed by atoms with Crippen LogP contribution in [-0.2, 0) is 20.9 Å². The van der Waals surface area contributed by atoms with Crippen molar-refractivity contribution >= 4 is 24.5 Å². The quantitative estimate of drug-likeness (QED) is 0.771. The average molecular weight is 303 g/mol. The van der Waals surface area contributed by atoms with Gasteiger partial charge < -0.3 is 20.5 Å². The van der Waals surface area contributed by atoms with Crippen LogP contribution in [0.1, 0.15) is 12.0 Å². The summed E-state index contributed by atoms with van der Waals surface area (Å²) in [6.45, 7) is 0.303. The van der Waals surface area contributed by atoms with E-state index in [-0.39, 0.29) is 32.0 Å². The molecule has 0 radical (unpaired) electrons. The van der Waals surface area contributed by atoms with Gasteiger partial charge in [-0.15, -0.1) is 12.4 Å². The fourth-order valence-corrected chi connectivity index (χ4v) is 1.41. The maximum Gasteiger partial charge on any atom is 0.407 e. The van der Waals surface area contributed by atoms with E-state index in [2.05, 4.69) is 10.1 Å². The van der Waals surface area contributed by atoms with Crippen LogP contribution >= 0.6 is 12.4 Å². The van der Waals surface area contributed by atoms with Gasteiger partial charge in [-0.3, -0.25) is 4.79 Å². The van der Waals surface area contributed by atoms with E-state index >= 15 is 0 Å². The minimum atomic E-state index is -0.608. The number of benzene rings is 1. The Bertz CT molecular complexity index is 414. The number of halogens is 1.